The largest absolute Gasteiger partial charge is 0.465 e. The van der Waals surface area contributed by atoms with E-state index in [9.17, 15) is 22.4 Å². The number of anilines is 1. The molecule has 1 aliphatic carbocycles. The summed E-state index contributed by atoms with van der Waals surface area (Å²) in [6, 6.07) is 18.1. The maximum Gasteiger partial charge on any atom is 0.316 e. The van der Waals surface area contributed by atoms with Crippen LogP contribution in [0.25, 0.3) is 0 Å². The van der Waals surface area contributed by atoms with Crippen LogP contribution in [0.4, 0.5) is 10.1 Å². The summed E-state index contributed by atoms with van der Waals surface area (Å²) < 4.78 is 47.2. The molecular formula is C27H26ClFN2O5S. The number of amides is 1. The number of carbonyl (C=O) groups excluding carboxylic acids is 2. The molecule has 0 heterocycles. The van der Waals surface area contributed by atoms with Crippen molar-refractivity contribution < 1.29 is 27.1 Å². The Morgan fingerprint density at radius 1 is 1.03 bits per heavy atom. The van der Waals surface area contributed by atoms with Crippen molar-refractivity contribution in [2.24, 2.45) is 0 Å². The molecule has 1 N–H and O–H groups in total. The minimum absolute atomic E-state index is 0.0703. The normalized spacial score (nSPS) is 14.3. The van der Waals surface area contributed by atoms with Crippen LogP contribution in [0.2, 0.25) is 5.02 Å². The molecule has 7 nitrogen and oxygen atoms in total. The molecule has 0 aliphatic heterocycles. The molecule has 194 valence electrons. The Morgan fingerprint density at radius 2 is 1.68 bits per heavy atom. The molecule has 1 amide bonds. The van der Waals surface area contributed by atoms with Crippen molar-refractivity contribution in [1.82, 2.24) is 4.31 Å². The second kappa shape index (κ2) is 11.0. The molecule has 1 fully saturated rings. The maximum atomic E-state index is 14.3. The molecular weight excluding hydrogens is 519 g/mol. The van der Waals surface area contributed by atoms with Gasteiger partial charge in [0.25, 0.3) is 0 Å². The molecule has 0 saturated heterocycles. The van der Waals surface area contributed by atoms with Crippen LogP contribution in [0.15, 0.2) is 77.7 Å². The van der Waals surface area contributed by atoms with E-state index < -0.39 is 33.7 Å². The van der Waals surface area contributed by atoms with Crippen LogP contribution in [0.3, 0.4) is 0 Å². The Balaban J connectivity index is 1.52. The number of esters is 1. The Hall–Kier alpha value is -3.27. The first kappa shape index (κ1) is 26.8. The maximum absolute atomic E-state index is 14.3. The van der Waals surface area contributed by atoms with E-state index in [1.807, 2.05) is 0 Å². The first-order valence-corrected chi connectivity index (χ1v) is 13.5. The SMILES string of the molecule is CCOC(=O)C1(c2ccc(NC(=O)CN(Cc3ccccc3F)S(=O)(=O)c3ccc(Cl)cc3)cc2)CC1. The molecule has 10 heteroatoms. The summed E-state index contributed by atoms with van der Waals surface area (Å²) in [5.74, 6) is -1.44. The van der Waals surface area contributed by atoms with Gasteiger partial charge in [0.05, 0.1) is 23.5 Å². The molecule has 0 aromatic heterocycles. The Kier molecular flexibility index (Phi) is 7.96. The van der Waals surface area contributed by atoms with Crippen LogP contribution in [0.1, 0.15) is 30.9 Å². The van der Waals surface area contributed by atoms with Crippen LogP contribution in [-0.4, -0.2) is 37.8 Å². The molecule has 1 saturated carbocycles. The standard InChI is InChI=1S/C27H26ClFN2O5S/c1-2-36-26(33)27(15-16-27)20-7-11-22(12-8-20)30-25(32)18-31(17-19-5-3-4-6-24(19)29)37(34,35)23-13-9-21(28)10-14-23/h3-14H,2,15-18H2,1H3,(H,30,32). The van der Waals surface area contributed by atoms with Gasteiger partial charge in [-0.3, -0.25) is 9.59 Å². The lowest BCUT2D eigenvalue weighted by molar-refractivity contribution is -0.146. The topological polar surface area (TPSA) is 92.8 Å². The molecule has 3 aromatic rings. The van der Waals surface area contributed by atoms with E-state index in [2.05, 4.69) is 5.32 Å². The van der Waals surface area contributed by atoms with Crippen LogP contribution >= 0.6 is 11.6 Å². The van der Waals surface area contributed by atoms with E-state index in [-0.39, 0.29) is 23.0 Å². The summed E-state index contributed by atoms with van der Waals surface area (Å²) in [7, 11) is -4.16. The molecule has 1 aliphatic rings. The Morgan fingerprint density at radius 3 is 2.27 bits per heavy atom. The van der Waals surface area contributed by atoms with Gasteiger partial charge in [-0.2, -0.15) is 4.31 Å². The third-order valence-electron chi connectivity index (χ3n) is 6.21. The first-order chi connectivity index (χ1) is 17.7. The number of hydrogen-bond acceptors (Lipinski definition) is 5. The summed E-state index contributed by atoms with van der Waals surface area (Å²) in [5, 5.41) is 3.04. The van der Waals surface area contributed by atoms with Gasteiger partial charge in [-0.05, 0) is 67.8 Å². The van der Waals surface area contributed by atoms with E-state index in [4.69, 9.17) is 16.3 Å². The summed E-state index contributed by atoms with van der Waals surface area (Å²) in [6.07, 6.45) is 1.40. The molecule has 0 atom stereocenters. The van der Waals surface area contributed by atoms with Gasteiger partial charge < -0.3 is 10.1 Å². The molecule has 0 spiro atoms. The van der Waals surface area contributed by atoms with E-state index in [0.717, 1.165) is 9.87 Å². The lowest BCUT2D eigenvalue weighted by atomic mass is 9.96. The van der Waals surface area contributed by atoms with Crippen molar-refractivity contribution in [3.05, 3.63) is 94.8 Å². The highest BCUT2D eigenvalue weighted by Crippen LogP contribution is 2.49. The Labute approximate surface area is 220 Å². The number of ether oxygens (including phenoxy) is 1. The van der Waals surface area contributed by atoms with Crippen molar-refractivity contribution in [3.8, 4) is 0 Å². The third-order valence-corrected chi connectivity index (χ3v) is 8.27. The van der Waals surface area contributed by atoms with E-state index >= 15 is 0 Å². The zero-order valence-electron chi connectivity index (χ0n) is 20.1. The molecule has 37 heavy (non-hydrogen) atoms. The van der Waals surface area contributed by atoms with Crippen molar-refractivity contribution in [3.63, 3.8) is 0 Å². The fourth-order valence-corrected chi connectivity index (χ4v) is 5.54. The second-order valence-electron chi connectivity index (χ2n) is 8.75. The number of benzene rings is 3. The molecule has 4 rings (SSSR count). The average Bonchev–Trinajstić information content (AvgIpc) is 3.68. The fourth-order valence-electron chi connectivity index (χ4n) is 4.04. The predicted molar refractivity (Wildman–Crippen MR) is 138 cm³/mol. The quantitative estimate of drug-likeness (QED) is 0.366. The molecule has 0 unspecified atom stereocenters. The monoisotopic (exact) mass is 544 g/mol. The van der Waals surface area contributed by atoms with Crippen LogP contribution < -0.4 is 5.32 Å². The third kappa shape index (κ3) is 6.01. The first-order valence-electron chi connectivity index (χ1n) is 11.7. The van der Waals surface area contributed by atoms with Crippen molar-refractivity contribution in [1.29, 1.82) is 0 Å². The molecule has 3 aromatic carbocycles. The zero-order chi connectivity index (χ0) is 26.6. The lowest BCUT2D eigenvalue weighted by Crippen LogP contribution is -2.37. The number of carbonyl (C=O) groups is 2. The lowest BCUT2D eigenvalue weighted by Gasteiger charge is -2.22. The van der Waals surface area contributed by atoms with Crippen LogP contribution in [0, 0.1) is 5.82 Å². The van der Waals surface area contributed by atoms with Crippen molar-refractivity contribution in [2.45, 2.75) is 36.6 Å². The smallest absolute Gasteiger partial charge is 0.316 e. The van der Waals surface area contributed by atoms with E-state index in [0.29, 0.717) is 30.2 Å². The molecule has 0 bridgehead atoms. The van der Waals surface area contributed by atoms with Gasteiger partial charge in [0.15, 0.2) is 0 Å². The number of hydrogen-bond donors (Lipinski definition) is 1. The Bertz CT molecular complexity index is 1390. The van der Waals surface area contributed by atoms with Gasteiger partial charge in [0.1, 0.15) is 5.82 Å². The van der Waals surface area contributed by atoms with Crippen molar-refractivity contribution >= 4 is 39.2 Å². The van der Waals surface area contributed by atoms with Crippen molar-refractivity contribution in [2.75, 3.05) is 18.5 Å². The minimum Gasteiger partial charge on any atom is -0.465 e. The fraction of sp³-hybridized carbons (Fsp3) is 0.259. The predicted octanol–water partition coefficient (Wildman–Crippen LogP) is 4.90. The number of halogens is 2. The van der Waals surface area contributed by atoms with Gasteiger partial charge >= 0.3 is 5.97 Å². The summed E-state index contributed by atoms with van der Waals surface area (Å²) >= 11 is 5.89. The van der Waals surface area contributed by atoms with E-state index in [1.54, 1.807) is 37.3 Å². The number of rotatable bonds is 10. The zero-order valence-corrected chi connectivity index (χ0v) is 21.7. The number of nitrogens with one attached hydrogen (secondary N) is 1. The average molecular weight is 545 g/mol. The van der Waals surface area contributed by atoms with Gasteiger partial charge in [0, 0.05) is 22.8 Å². The van der Waals surface area contributed by atoms with E-state index in [1.165, 1.54) is 42.5 Å². The molecule has 0 radical (unpaired) electrons. The summed E-state index contributed by atoms with van der Waals surface area (Å²) in [4.78, 5) is 25.2. The van der Waals surface area contributed by atoms with Crippen LogP contribution in [-0.2, 0) is 36.3 Å². The highest BCUT2D eigenvalue weighted by atomic mass is 35.5. The summed E-state index contributed by atoms with van der Waals surface area (Å²) in [6.45, 7) is 1.17. The van der Waals surface area contributed by atoms with Gasteiger partial charge in [-0.1, -0.05) is 41.9 Å². The summed E-state index contributed by atoms with van der Waals surface area (Å²) in [5.41, 5.74) is 0.728. The second-order valence-corrected chi connectivity index (χ2v) is 11.1. The minimum atomic E-state index is -4.16. The number of sulfonamides is 1. The number of nitrogens with zero attached hydrogens (tertiary/aromatic N) is 1. The van der Waals surface area contributed by atoms with Gasteiger partial charge in [0.2, 0.25) is 15.9 Å². The van der Waals surface area contributed by atoms with Gasteiger partial charge in [-0.25, -0.2) is 12.8 Å². The van der Waals surface area contributed by atoms with Crippen LogP contribution in [0.5, 0.6) is 0 Å². The van der Waals surface area contributed by atoms with Gasteiger partial charge in [-0.15, -0.1) is 0 Å². The highest BCUT2D eigenvalue weighted by molar-refractivity contribution is 7.89. The highest BCUT2D eigenvalue weighted by Gasteiger charge is 2.52.